The number of rotatable bonds is 3. The van der Waals surface area contributed by atoms with Crippen molar-refractivity contribution < 1.29 is 0 Å². The van der Waals surface area contributed by atoms with Crippen molar-refractivity contribution in [3.05, 3.63) is 0 Å². The second-order valence-electron chi connectivity index (χ2n) is 5.23. The quantitative estimate of drug-likeness (QED) is 0.748. The predicted molar refractivity (Wildman–Crippen MR) is 60.2 cm³/mol. The molecule has 14 heavy (non-hydrogen) atoms. The monoisotopic (exact) mass is 196 g/mol. The standard InChI is InChI=1S/C12H24N2/c1-10(13)9-14-8-4-7-12(14)11-5-2-3-6-11/h10-12H,2-9,13H2,1H3/t10-,12?/m0/s1. The van der Waals surface area contributed by atoms with Gasteiger partial charge in [0.25, 0.3) is 0 Å². The summed E-state index contributed by atoms with van der Waals surface area (Å²) in [5.74, 6) is 0.997. The zero-order chi connectivity index (χ0) is 9.97. The van der Waals surface area contributed by atoms with Gasteiger partial charge in [-0.2, -0.15) is 0 Å². The second-order valence-corrected chi connectivity index (χ2v) is 5.23. The highest BCUT2D eigenvalue weighted by Crippen LogP contribution is 2.35. The summed E-state index contributed by atoms with van der Waals surface area (Å²) in [4.78, 5) is 2.65. The van der Waals surface area contributed by atoms with Crippen molar-refractivity contribution >= 4 is 0 Å². The van der Waals surface area contributed by atoms with Gasteiger partial charge >= 0.3 is 0 Å². The molecule has 0 radical (unpaired) electrons. The SMILES string of the molecule is C[C@H](N)CN1CCCC1C1CCCC1. The topological polar surface area (TPSA) is 29.3 Å². The van der Waals surface area contributed by atoms with Crippen molar-refractivity contribution in [3.8, 4) is 0 Å². The third-order valence-corrected chi connectivity index (χ3v) is 3.88. The summed E-state index contributed by atoms with van der Waals surface area (Å²) in [6.45, 7) is 4.54. The third-order valence-electron chi connectivity index (χ3n) is 3.88. The molecule has 2 atom stereocenters. The van der Waals surface area contributed by atoms with Crippen LogP contribution in [0.3, 0.4) is 0 Å². The van der Waals surface area contributed by atoms with E-state index in [4.69, 9.17) is 5.73 Å². The van der Waals surface area contributed by atoms with Crippen LogP contribution in [-0.4, -0.2) is 30.1 Å². The lowest BCUT2D eigenvalue weighted by Gasteiger charge is -2.30. The highest BCUT2D eigenvalue weighted by molar-refractivity contribution is 4.88. The van der Waals surface area contributed by atoms with Crippen LogP contribution in [0.4, 0.5) is 0 Å². The minimum atomic E-state index is 0.344. The molecule has 2 nitrogen and oxygen atoms in total. The molecule has 82 valence electrons. The van der Waals surface area contributed by atoms with Crippen molar-refractivity contribution in [1.82, 2.24) is 4.90 Å². The first-order chi connectivity index (χ1) is 6.77. The van der Waals surface area contributed by atoms with Crippen molar-refractivity contribution in [3.63, 3.8) is 0 Å². The van der Waals surface area contributed by atoms with Crippen LogP contribution in [-0.2, 0) is 0 Å². The van der Waals surface area contributed by atoms with Crippen molar-refractivity contribution in [2.24, 2.45) is 11.7 Å². The van der Waals surface area contributed by atoms with Crippen LogP contribution in [0.25, 0.3) is 0 Å². The van der Waals surface area contributed by atoms with Gasteiger partial charge in [-0.3, -0.25) is 4.90 Å². The van der Waals surface area contributed by atoms with Gasteiger partial charge in [-0.15, -0.1) is 0 Å². The fourth-order valence-electron chi connectivity index (χ4n) is 3.32. The molecule has 2 rings (SSSR count). The Bertz CT molecular complexity index is 173. The fraction of sp³-hybridized carbons (Fsp3) is 1.00. The number of hydrogen-bond acceptors (Lipinski definition) is 2. The van der Waals surface area contributed by atoms with E-state index >= 15 is 0 Å². The van der Waals surface area contributed by atoms with Gasteiger partial charge in [0.15, 0.2) is 0 Å². The van der Waals surface area contributed by atoms with Crippen LogP contribution in [0.5, 0.6) is 0 Å². The van der Waals surface area contributed by atoms with Gasteiger partial charge in [0, 0.05) is 18.6 Å². The Morgan fingerprint density at radius 3 is 2.57 bits per heavy atom. The van der Waals surface area contributed by atoms with Gasteiger partial charge in [-0.1, -0.05) is 12.8 Å². The van der Waals surface area contributed by atoms with Crippen LogP contribution >= 0.6 is 0 Å². The van der Waals surface area contributed by atoms with Gasteiger partial charge < -0.3 is 5.73 Å². The molecule has 1 unspecified atom stereocenters. The van der Waals surface area contributed by atoms with Crippen LogP contribution < -0.4 is 5.73 Å². The van der Waals surface area contributed by atoms with E-state index in [1.165, 1.54) is 45.1 Å². The zero-order valence-electron chi connectivity index (χ0n) is 9.41. The Kier molecular flexibility index (Phi) is 3.45. The van der Waals surface area contributed by atoms with E-state index in [0.29, 0.717) is 6.04 Å². The first kappa shape index (κ1) is 10.4. The Balaban J connectivity index is 1.89. The van der Waals surface area contributed by atoms with E-state index in [9.17, 15) is 0 Å². The molecule has 0 amide bonds. The van der Waals surface area contributed by atoms with Gasteiger partial charge in [0.05, 0.1) is 0 Å². The average molecular weight is 196 g/mol. The Morgan fingerprint density at radius 1 is 1.21 bits per heavy atom. The molecule has 2 aliphatic rings. The first-order valence-corrected chi connectivity index (χ1v) is 6.27. The summed E-state index contributed by atoms with van der Waals surface area (Å²) >= 11 is 0. The summed E-state index contributed by atoms with van der Waals surface area (Å²) in [5, 5.41) is 0. The molecule has 0 aromatic heterocycles. The molecule has 1 saturated carbocycles. The molecular weight excluding hydrogens is 172 g/mol. The molecule has 2 N–H and O–H groups in total. The molecular formula is C12H24N2. The largest absolute Gasteiger partial charge is 0.327 e. The Labute approximate surface area is 87.8 Å². The number of hydrogen-bond donors (Lipinski definition) is 1. The molecule has 1 heterocycles. The average Bonchev–Trinajstić information content (AvgIpc) is 2.70. The van der Waals surface area contributed by atoms with E-state index < -0.39 is 0 Å². The van der Waals surface area contributed by atoms with Gasteiger partial charge in [0.1, 0.15) is 0 Å². The lowest BCUT2D eigenvalue weighted by molar-refractivity contribution is 0.183. The van der Waals surface area contributed by atoms with E-state index in [2.05, 4.69) is 11.8 Å². The highest BCUT2D eigenvalue weighted by atomic mass is 15.2. The van der Waals surface area contributed by atoms with Gasteiger partial charge in [-0.25, -0.2) is 0 Å². The van der Waals surface area contributed by atoms with Gasteiger partial charge in [0.2, 0.25) is 0 Å². The van der Waals surface area contributed by atoms with Crippen LogP contribution in [0, 0.1) is 5.92 Å². The smallest absolute Gasteiger partial charge is 0.0139 e. The number of nitrogens with two attached hydrogens (primary N) is 1. The van der Waals surface area contributed by atoms with E-state index in [-0.39, 0.29) is 0 Å². The van der Waals surface area contributed by atoms with E-state index in [1.807, 2.05) is 0 Å². The summed E-state index contributed by atoms with van der Waals surface area (Å²) in [5.41, 5.74) is 5.89. The van der Waals surface area contributed by atoms with Gasteiger partial charge in [-0.05, 0) is 45.1 Å². The lowest BCUT2D eigenvalue weighted by Crippen LogP contribution is -2.41. The van der Waals surface area contributed by atoms with Crippen molar-refractivity contribution in [2.75, 3.05) is 13.1 Å². The normalized spacial score (nSPS) is 32.6. The van der Waals surface area contributed by atoms with Crippen LogP contribution in [0.15, 0.2) is 0 Å². The van der Waals surface area contributed by atoms with Crippen LogP contribution in [0.1, 0.15) is 45.4 Å². The maximum Gasteiger partial charge on any atom is 0.0139 e. The zero-order valence-corrected chi connectivity index (χ0v) is 9.41. The summed E-state index contributed by atoms with van der Waals surface area (Å²) in [6.07, 6.45) is 8.70. The molecule has 1 aliphatic heterocycles. The molecule has 0 spiro atoms. The summed E-state index contributed by atoms with van der Waals surface area (Å²) in [7, 11) is 0. The lowest BCUT2D eigenvalue weighted by atomic mass is 9.96. The molecule has 0 bridgehead atoms. The molecule has 1 aliphatic carbocycles. The van der Waals surface area contributed by atoms with Crippen LogP contribution in [0.2, 0.25) is 0 Å². The molecule has 0 aromatic carbocycles. The Hall–Kier alpha value is -0.0800. The maximum absolute atomic E-state index is 5.89. The number of likely N-dealkylation sites (tertiary alicyclic amines) is 1. The van der Waals surface area contributed by atoms with E-state index in [0.717, 1.165) is 18.5 Å². The minimum absolute atomic E-state index is 0.344. The van der Waals surface area contributed by atoms with Crippen molar-refractivity contribution in [2.45, 2.75) is 57.5 Å². The minimum Gasteiger partial charge on any atom is -0.327 e. The Morgan fingerprint density at radius 2 is 1.93 bits per heavy atom. The van der Waals surface area contributed by atoms with E-state index in [1.54, 1.807) is 0 Å². The summed E-state index contributed by atoms with van der Waals surface area (Å²) in [6, 6.07) is 1.22. The molecule has 0 aromatic rings. The molecule has 1 saturated heterocycles. The molecule has 2 fully saturated rings. The summed E-state index contributed by atoms with van der Waals surface area (Å²) < 4.78 is 0. The van der Waals surface area contributed by atoms with Crippen molar-refractivity contribution in [1.29, 1.82) is 0 Å². The third kappa shape index (κ3) is 2.29. The molecule has 2 heteroatoms. The first-order valence-electron chi connectivity index (χ1n) is 6.27. The maximum atomic E-state index is 5.89. The second kappa shape index (κ2) is 4.63. The number of nitrogens with zero attached hydrogens (tertiary/aromatic N) is 1. The fourth-order valence-corrected chi connectivity index (χ4v) is 3.32. The predicted octanol–water partition coefficient (Wildman–Crippen LogP) is 1.99. The highest BCUT2D eigenvalue weighted by Gasteiger charge is 2.33.